The minimum atomic E-state index is 0.147. The molecule has 0 aromatic rings. The Morgan fingerprint density at radius 2 is 1.73 bits per heavy atom. The first kappa shape index (κ1) is 8.33. The number of carbonyl (C=O) groups excluding carboxylic acids is 1. The van der Waals surface area contributed by atoms with Crippen LogP contribution in [-0.4, -0.2) is 42.3 Å². The third-order valence-electron chi connectivity index (χ3n) is 1.91. The Labute approximate surface area is 67.2 Å². The zero-order chi connectivity index (χ0) is 8.27. The van der Waals surface area contributed by atoms with E-state index in [2.05, 4.69) is 5.32 Å². The molecule has 1 saturated heterocycles. The van der Waals surface area contributed by atoms with Crippen LogP contribution in [0.15, 0.2) is 0 Å². The monoisotopic (exact) mass is 157 g/mol. The number of amides is 2. The summed E-state index contributed by atoms with van der Waals surface area (Å²) in [6.07, 6.45) is 0. The van der Waals surface area contributed by atoms with E-state index in [-0.39, 0.29) is 6.03 Å². The fourth-order valence-electron chi connectivity index (χ4n) is 1.15. The second kappa shape index (κ2) is 3.57. The van der Waals surface area contributed by atoms with Gasteiger partial charge in [0.25, 0.3) is 0 Å². The van der Waals surface area contributed by atoms with Crippen LogP contribution < -0.4 is 5.32 Å². The highest BCUT2D eigenvalue weighted by Gasteiger charge is 2.21. The molecule has 0 aromatic heterocycles. The molecule has 0 aromatic carbocycles. The lowest BCUT2D eigenvalue weighted by Crippen LogP contribution is -2.56. The van der Waals surface area contributed by atoms with Crippen LogP contribution in [0.3, 0.4) is 0 Å². The lowest BCUT2D eigenvalue weighted by Gasteiger charge is -2.34. The number of nitrogens with one attached hydrogen (secondary N) is 1. The summed E-state index contributed by atoms with van der Waals surface area (Å²) in [6.45, 7) is 6.90. The maximum Gasteiger partial charge on any atom is 0.322 e. The standard InChI is InChI=1S/C7H15N3O/c1-3-9-5-8-6-10(4-2)7(9)11/h8H,3-6H2,1-2H3. The van der Waals surface area contributed by atoms with E-state index in [4.69, 9.17) is 0 Å². The lowest BCUT2D eigenvalue weighted by atomic mass is 10.5. The van der Waals surface area contributed by atoms with E-state index < -0.39 is 0 Å². The van der Waals surface area contributed by atoms with Crippen molar-refractivity contribution in [3.05, 3.63) is 0 Å². The molecule has 1 fully saturated rings. The molecule has 64 valence electrons. The van der Waals surface area contributed by atoms with E-state index in [0.29, 0.717) is 13.3 Å². The highest BCUT2D eigenvalue weighted by Crippen LogP contribution is 2.00. The summed E-state index contributed by atoms with van der Waals surface area (Å²) in [5.41, 5.74) is 0. The summed E-state index contributed by atoms with van der Waals surface area (Å²) in [4.78, 5) is 15.0. The van der Waals surface area contributed by atoms with Gasteiger partial charge >= 0.3 is 6.03 Å². The smallest absolute Gasteiger partial charge is 0.312 e. The fourth-order valence-corrected chi connectivity index (χ4v) is 1.15. The molecular formula is C7H15N3O. The van der Waals surface area contributed by atoms with Crippen molar-refractivity contribution >= 4 is 6.03 Å². The number of rotatable bonds is 2. The molecule has 1 aliphatic heterocycles. The van der Waals surface area contributed by atoms with Crippen molar-refractivity contribution in [1.29, 1.82) is 0 Å². The maximum absolute atomic E-state index is 11.4. The SMILES string of the molecule is CCN1CNCN(CC)C1=O. The van der Waals surface area contributed by atoms with Gasteiger partial charge in [0.1, 0.15) is 0 Å². The van der Waals surface area contributed by atoms with E-state index in [1.807, 2.05) is 13.8 Å². The molecule has 0 radical (unpaired) electrons. The van der Waals surface area contributed by atoms with Gasteiger partial charge in [-0.2, -0.15) is 0 Å². The Kier molecular flexibility index (Phi) is 2.70. The maximum atomic E-state index is 11.4. The molecule has 1 rings (SSSR count). The normalized spacial score (nSPS) is 19.3. The molecule has 11 heavy (non-hydrogen) atoms. The number of carbonyl (C=O) groups is 1. The summed E-state index contributed by atoms with van der Waals surface area (Å²) in [7, 11) is 0. The predicted molar refractivity (Wildman–Crippen MR) is 43.0 cm³/mol. The molecule has 0 bridgehead atoms. The predicted octanol–water partition coefficient (Wildman–Crippen LogP) is 0.268. The van der Waals surface area contributed by atoms with Gasteiger partial charge in [-0.05, 0) is 13.8 Å². The van der Waals surface area contributed by atoms with Crippen LogP contribution in [0.5, 0.6) is 0 Å². The van der Waals surface area contributed by atoms with Crippen LogP contribution in [0.4, 0.5) is 4.79 Å². The van der Waals surface area contributed by atoms with Crippen molar-refractivity contribution in [1.82, 2.24) is 15.1 Å². The molecule has 0 spiro atoms. The van der Waals surface area contributed by atoms with Gasteiger partial charge in [-0.15, -0.1) is 0 Å². The van der Waals surface area contributed by atoms with Crippen LogP contribution in [0.2, 0.25) is 0 Å². The van der Waals surface area contributed by atoms with Crippen LogP contribution >= 0.6 is 0 Å². The van der Waals surface area contributed by atoms with Gasteiger partial charge in [-0.1, -0.05) is 0 Å². The van der Waals surface area contributed by atoms with Crippen molar-refractivity contribution in [2.75, 3.05) is 26.4 Å². The van der Waals surface area contributed by atoms with E-state index in [9.17, 15) is 4.79 Å². The molecule has 0 aliphatic carbocycles. The highest BCUT2D eigenvalue weighted by atomic mass is 16.2. The Balaban J connectivity index is 2.52. The third-order valence-corrected chi connectivity index (χ3v) is 1.91. The Morgan fingerprint density at radius 3 is 2.09 bits per heavy atom. The molecule has 0 unspecified atom stereocenters. The topological polar surface area (TPSA) is 35.6 Å². The van der Waals surface area contributed by atoms with Crippen LogP contribution in [-0.2, 0) is 0 Å². The Hall–Kier alpha value is -0.770. The summed E-state index contributed by atoms with van der Waals surface area (Å²) >= 11 is 0. The molecule has 0 atom stereocenters. The number of hydrogen-bond donors (Lipinski definition) is 1. The van der Waals surface area contributed by atoms with Gasteiger partial charge in [0.2, 0.25) is 0 Å². The van der Waals surface area contributed by atoms with Crippen molar-refractivity contribution < 1.29 is 4.79 Å². The van der Waals surface area contributed by atoms with Crippen LogP contribution in [0.1, 0.15) is 13.8 Å². The second-order valence-corrected chi connectivity index (χ2v) is 2.56. The Morgan fingerprint density at radius 1 is 1.27 bits per heavy atom. The minimum absolute atomic E-state index is 0.147. The quantitative estimate of drug-likeness (QED) is 0.624. The number of hydrogen-bond acceptors (Lipinski definition) is 2. The molecule has 4 nitrogen and oxygen atoms in total. The third kappa shape index (κ3) is 1.63. The van der Waals surface area contributed by atoms with Crippen molar-refractivity contribution in [3.8, 4) is 0 Å². The van der Waals surface area contributed by atoms with Gasteiger partial charge in [-0.25, -0.2) is 4.79 Å². The molecule has 1 N–H and O–H groups in total. The molecular weight excluding hydrogens is 142 g/mol. The lowest BCUT2D eigenvalue weighted by molar-refractivity contribution is 0.122. The van der Waals surface area contributed by atoms with Crippen molar-refractivity contribution in [3.63, 3.8) is 0 Å². The zero-order valence-electron chi connectivity index (χ0n) is 7.13. The summed E-state index contributed by atoms with van der Waals surface area (Å²) in [6, 6.07) is 0.147. The van der Waals surface area contributed by atoms with E-state index in [1.165, 1.54) is 0 Å². The van der Waals surface area contributed by atoms with Gasteiger partial charge < -0.3 is 9.80 Å². The largest absolute Gasteiger partial charge is 0.322 e. The first-order chi connectivity index (χ1) is 5.29. The van der Waals surface area contributed by atoms with E-state index in [0.717, 1.165) is 13.1 Å². The van der Waals surface area contributed by atoms with Gasteiger partial charge in [-0.3, -0.25) is 5.32 Å². The van der Waals surface area contributed by atoms with Crippen molar-refractivity contribution in [2.24, 2.45) is 0 Å². The second-order valence-electron chi connectivity index (χ2n) is 2.56. The highest BCUT2D eigenvalue weighted by molar-refractivity contribution is 5.74. The molecule has 0 saturated carbocycles. The van der Waals surface area contributed by atoms with Crippen LogP contribution in [0, 0.1) is 0 Å². The van der Waals surface area contributed by atoms with Gasteiger partial charge in [0, 0.05) is 13.1 Å². The summed E-state index contributed by atoms with van der Waals surface area (Å²) < 4.78 is 0. The van der Waals surface area contributed by atoms with Gasteiger partial charge in [0.15, 0.2) is 0 Å². The first-order valence-electron chi connectivity index (χ1n) is 4.04. The van der Waals surface area contributed by atoms with Gasteiger partial charge in [0.05, 0.1) is 13.3 Å². The fraction of sp³-hybridized carbons (Fsp3) is 0.857. The minimum Gasteiger partial charge on any atom is -0.312 e. The van der Waals surface area contributed by atoms with Crippen molar-refractivity contribution in [2.45, 2.75) is 13.8 Å². The van der Waals surface area contributed by atoms with E-state index in [1.54, 1.807) is 9.80 Å². The Bertz CT molecular complexity index is 135. The van der Waals surface area contributed by atoms with Crippen LogP contribution in [0.25, 0.3) is 0 Å². The first-order valence-corrected chi connectivity index (χ1v) is 4.04. The average Bonchev–Trinajstić information content (AvgIpc) is 2.05. The average molecular weight is 157 g/mol. The molecule has 2 amide bonds. The molecule has 4 heteroatoms. The molecule has 1 aliphatic rings. The molecule has 1 heterocycles. The number of nitrogens with zero attached hydrogens (tertiary/aromatic N) is 2. The van der Waals surface area contributed by atoms with E-state index >= 15 is 0 Å². The number of urea groups is 1. The summed E-state index contributed by atoms with van der Waals surface area (Å²) in [5.74, 6) is 0. The summed E-state index contributed by atoms with van der Waals surface area (Å²) in [5, 5.41) is 3.15. The zero-order valence-corrected chi connectivity index (χ0v) is 7.13.